The molecule has 8 heteroatoms. The number of nitrogens with zero attached hydrogens (tertiary/aromatic N) is 1. The topological polar surface area (TPSA) is 90.9 Å². The van der Waals surface area contributed by atoms with Crippen LogP contribution in [0.2, 0.25) is 0 Å². The molecule has 2 aromatic rings. The van der Waals surface area contributed by atoms with Gasteiger partial charge in [-0.25, -0.2) is 0 Å². The molecule has 2 rings (SSSR count). The molecule has 0 aliphatic heterocycles. The molecular formula is C18H23N3O5. The van der Waals surface area contributed by atoms with Gasteiger partial charge in [0.15, 0.2) is 11.5 Å². The first kappa shape index (κ1) is 19.3. The van der Waals surface area contributed by atoms with Gasteiger partial charge in [0, 0.05) is 43.4 Å². The van der Waals surface area contributed by atoms with Crippen molar-refractivity contribution in [3.8, 4) is 17.2 Å². The van der Waals surface area contributed by atoms with E-state index in [-0.39, 0.29) is 11.6 Å². The molecule has 1 amide bonds. The summed E-state index contributed by atoms with van der Waals surface area (Å²) in [4.78, 5) is 16.6. The molecule has 0 radical (unpaired) electrons. The molecule has 1 heterocycles. The lowest BCUT2D eigenvalue weighted by molar-refractivity contribution is 0.102. The molecule has 0 spiro atoms. The van der Waals surface area contributed by atoms with E-state index in [1.54, 1.807) is 37.6 Å². The molecule has 0 aliphatic rings. The average molecular weight is 361 g/mol. The second-order valence-corrected chi connectivity index (χ2v) is 5.22. The van der Waals surface area contributed by atoms with E-state index in [4.69, 9.17) is 18.9 Å². The number of aromatic nitrogens is 1. The normalized spacial score (nSPS) is 10.2. The van der Waals surface area contributed by atoms with Gasteiger partial charge in [0.25, 0.3) is 5.91 Å². The van der Waals surface area contributed by atoms with E-state index in [2.05, 4.69) is 15.6 Å². The lowest BCUT2D eigenvalue weighted by atomic mass is 10.2. The first-order valence-corrected chi connectivity index (χ1v) is 7.93. The molecule has 8 nitrogen and oxygen atoms in total. The Labute approximate surface area is 152 Å². The summed E-state index contributed by atoms with van der Waals surface area (Å²) in [5.74, 6) is 1.00. The van der Waals surface area contributed by atoms with E-state index in [1.165, 1.54) is 21.3 Å². The predicted molar refractivity (Wildman–Crippen MR) is 98.7 cm³/mol. The minimum atomic E-state index is -0.352. The number of hydrogen-bond donors (Lipinski definition) is 2. The van der Waals surface area contributed by atoms with Gasteiger partial charge in [0.2, 0.25) is 5.75 Å². The summed E-state index contributed by atoms with van der Waals surface area (Å²) in [6.07, 6.45) is 1.57. The smallest absolute Gasteiger partial charge is 0.274 e. The molecule has 0 unspecified atom stereocenters. The fourth-order valence-corrected chi connectivity index (χ4v) is 2.31. The van der Waals surface area contributed by atoms with Crippen LogP contribution in [0.5, 0.6) is 17.2 Å². The summed E-state index contributed by atoms with van der Waals surface area (Å²) >= 11 is 0. The maximum atomic E-state index is 12.5. The van der Waals surface area contributed by atoms with Crippen molar-refractivity contribution < 1.29 is 23.7 Å². The van der Waals surface area contributed by atoms with Crippen LogP contribution in [0.3, 0.4) is 0 Å². The van der Waals surface area contributed by atoms with E-state index >= 15 is 0 Å². The third-order valence-corrected chi connectivity index (χ3v) is 3.55. The number of hydrogen-bond acceptors (Lipinski definition) is 7. The Morgan fingerprint density at radius 2 is 1.69 bits per heavy atom. The highest BCUT2D eigenvalue weighted by molar-refractivity contribution is 6.03. The number of carbonyl (C=O) groups excluding carboxylic acids is 1. The Balaban J connectivity index is 2.18. The van der Waals surface area contributed by atoms with Crippen LogP contribution in [-0.4, -0.2) is 52.5 Å². The van der Waals surface area contributed by atoms with Crippen LogP contribution in [0.25, 0.3) is 0 Å². The van der Waals surface area contributed by atoms with Gasteiger partial charge in [-0.05, 0) is 12.1 Å². The zero-order valence-corrected chi connectivity index (χ0v) is 15.3. The molecule has 0 aliphatic carbocycles. The Hall–Kier alpha value is -3.00. The van der Waals surface area contributed by atoms with Crippen LogP contribution in [0.1, 0.15) is 10.5 Å². The van der Waals surface area contributed by atoms with E-state index in [9.17, 15) is 4.79 Å². The number of carbonyl (C=O) groups is 1. The largest absolute Gasteiger partial charge is 0.493 e. The van der Waals surface area contributed by atoms with Crippen molar-refractivity contribution in [2.75, 3.05) is 52.2 Å². The summed E-state index contributed by atoms with van der Waals surface area (Å²) in [5, 5.41) is 5.94. The summed E-state index contributed by atoms with van der Waals surface area (Å²) in [6.45, 7) is 1.20. The highest BCUT2D eigenvalue weighted by Gasteiger charge is 2.15. The van der Waals surface area contributed by atoms with E-state index in [0.717, 1.165) is 5.69 Å². The van der Waals surface area contributed by atoms with Crippen molar-refractivity contribution in [1.82, 2.24) is 4.98 Å². The molecule has 26 heavy (non-hydrogen) atoms. The third-order valence-electron chi connectivity index (χ3n) is 3.55. The second-order valence-electron chi connectivity index (χ2n) is 5.22. The maximum absolute atomic E-state index is 12.5. The van der Waals surface area contributed by atoms with Crippen molar-refractivity contribution in [3.63, 3.8) is 0 Å². The van der Waals surface area contributed by atoms with Crippen LogP contribution in [0, 0.1) is 0 Å². The predicted octanol–water partition coefficient (Wildman–Crippen LogP) is 2.42. The SMILES string of the molecule is COCCNc1ccnc(C(=O)Nc2cc(OC)c(OC)c(OC)c2)c1. The van der Waals surface area contributed by atoms with E-state index < -0.39 is 0 Å². The number of amides is 1. The molecule has 0 bridgehead atoms. The maximum Gasteiger partial charge on any atom is 0.274 e. The lowest BCUT2D eigenvalue weighted by Gasteiger charge is -2.14. The van der Waals surface area contributed by atoms with Crippen molar-refractivity contribution in [2.45, 2.75) is 0 Å². The van der Waals surface area contributed by atoms with Gasteiger partial charge in [0.1, 0.15) is 5.69 Å². The lowest BCUT2D eigenvalue weighted by Crippen LogP contribution is -2.15. The fourth-order valence-electron chi connectivity index (χ4n) is 2.31. The minimum Gasteiger partial charge on any atom is -0.493 e. The van der Waals surface area contributed by atoms with Crippen LogP contribution >= 0.6 is 0 Å². The molecule has 1 aromatic carbocycles. The summed E-state index contributed by atoms with van der Waals surface area (Å²) in [5.41, 5.74) is 1.57. The van der Waals surface area contributed by atoms with Crippen LogP contribution in [-0.2, 0) is 4.74 Å². The standard InChI is InChI=1S/C18H23N3O5/c1-23-8-7-19-12-5-6-20-14(9-12)18(22)21-13-10-15(24-2)17(26-4)16(11-13)25-3/h5-6,9-11H,7-8H2,1-4H3,(H,19,20)(H,21,22). The quantitative estimate of drug-likeness (QED) is 0.663. The van der Waals surface area contributed by atoms with Gasteiger partial charge in [-0.2, -0.15) is 0 Å². The van der Waals surface area contributed by atoms with Gasteiger partial charge >= 0.3 is 0 Å². The molecule has 0 saturated heterocycles. The van der Waals surface area contributed by atoms with E-state index in [1.807, 2.05) is 0 Å². The molecule has 1 aromatic heterocycles. The minimum absolute atomic E-state index is 0.279. The van der Waals surface area contributed by atoms with Gasteiger partial charge in [0.05, 0.1) is 27.9 Å². The van der Waals surface area contributed by atoms with Crippen LogP contribution in [0.15, 0.2) is 30.5 Å². The molecule has 0 atom stereocenters. The average Bonchev–Trinajstić information content (AvgIpc) is 2.67. The van der Waals surface area contributed by atoms with Crippen molar-refractivity contribution in [2.24, 2.45) is 0 Å². The summed E-state index contributed by atoms with van der Waals surface area (Å²) in [6, 6.07) is 6.76. The summed E-state index contributed by atoms with van der Waals surface area (Å²) < 4.78 is 20.8. The molecule has 0 fully saturated rings. The Kier molecular flexibility index (Phi) is 7.04. The zero-order valence-electron chi connectivity index (χ0n) is 15.3. The number of rotatable bonds is 9. The van der Waals surface area contributed by atoms with Crippen molar-refractivity contribution in [3.05, 3.63) is 36.2 Å². The molecule has 2 N–H and O–H groups in total. The van der Waals surface area contributed by atoms with Crippen LogP contribution < -0.4 is 24.8 Å². The number of benzene rings is 1. The van der Waals surface area contributed by atoms with Gasteiger partial charge in [-0.3, -0.25) is 9.78 Å². The second kappa shape index (κ2) is 9.47. The van der Waals surface area contributed by atoms with E-state index in [0.29, 0.717) is 36.1 Å². The van der Waals surface area contributed by atoms with Crippen molar-refractivity contribution >= 4 is 17.3 Å². The van der Waals surface area contributed by atoms with Crippen molar-refractivity contribution in [1.29, 1.82) is 0 Å². The van der Waals surface area contributed by atoms with Gasteiger partial charge in [-0.1, -0.05) is 0 Å². The monoisotopic (exact) mass is 361 g/mol. The van der Waals surface area contributed by atoms with Gasteiger partial charge in [-0.15, -0.1) is 0 Å². The highest BCUT2D eigenvalue weighted by Crippen LogP contribution is 2.39. The number of anilines is 2. The first-order chi connectivity index (χ1) is 12.6. The summed E-state index contributed by atoms with van der Waals surface area (Å²) in [7, 11) is 6.17. The number of nitrogens with one attached hydrogen (secondary N) is 2. The Morgan fingerprint density at radius 1 is 1.00 bits per heavy atom. The number of pyridine rings is 1. The van der Waals surface area contributed by atoms with Gasteiger partial charge < -0.3 is 29.6 Å². The molecule has 140 valence electrons. The molecular weight excluding hydrogens is 338 g/mol. The third kappa shape index (κ3) is 4.76. The van der Waals surface area contributed by atoms with Crippen LogP contribution in [0.4, 0.5) is 11.4 Å². The number of methoxy groups -OCH3 is 4. The molecule has 0 saturated carbocycles. The fraction of sp³-hybridized carbons (Fsp3) is 0.333. The first-order valence-electron chi connectivity index (χ1n) is 7.93. The Bertz CT molecular complexity index is 726. The number of ether oxygens (including phenoxy) is 4. The Morgan fingerprint density at radius 3 is 2.27 bits per heavy atom. The highest BCUT2D eigenvalue weighted by atomic mass is 16.5. The zero-order chi connectivity index (χ0) is 18.9.